The third-order valence-electron chi connectivity index (χ3n) is 2.59. The van der Waals surface area contributed by atoms with Crippen LogP contribution in [0.5, 0.6) is 0 Å². The fourth-order valence-corrected chi connectivity index (χ4v) is 1.59. The van der Waals surface area contributed by atoms with E-state index in [4.69, 9.17) is 5.84 Å². The molecule has 114 valence electrons. The number of anilines is 2. The first-order valence-electron chi connectivity index (χ1n) is 5.97. The van der Waals surface area contributed by atoms with E-state index in [1.54, 1.807) is 4.57 Å². The lowest BCUT2D eigenvalue weighted by molar-refractivity contribution is -0.144. The average molecular weight is 302 g/mol. The Labute approximate surface area is 117 Å². The van der Waals surface area contributed by atoms with E-state index in [9.17, 15) is 13.2 Å². The van der Waals surface area contributed by atoms with Crippen molar-refractivity contribution in [1.29, 1.82) is 0 Å². The second-order valence-electron chi connectivity index (χ2n) is 3.99. The molecule has 0 spiro atoms. The minimum absolute atomic E-state index is 0.0177. The number of nitrogen functional groups attached to an aromatic ring is 1. The van der Waals surface area contributed by atoms with Crippen LogP contribution in [-0.4, -0.2) is 24.7 Å². The molecule has 0 saturated heterocycles. The van der Waals surface area contributed by atoms with Crippen molar-refractivity contribution in [2.45, 2.75) is 26.2 Å². The van der Waals surface area contributed by atoms with Crippen LogP contribution in [0.15, 0.2) is 12.4 Å². The van der Waals surface area contributed by atoms with Gasteiger partial charge in [-0.25, -0.2) is 15.8 Å². The molecule has 8 nitrogen and oxygen atoms in total. The Morgan fingerprint density at radius 1 is 1.29 bits per heavy atom. The molecule has 2 aromatic heterocycles. The van der Waals surface area contributed by atoms with Crippen LogP contribution in [0.25, 0.3) is 0 Å². The summed E-state index contributed by atoms with van der Waals surface area (Å²) in [4.78, 5) is 6.66. The monoisotopic (exact) mass is 302 g/mol. The molecule has 0 saturated carbocycles. The van der Waals surface area contributed by atoms with Crippen molar-refractivity contribution < 1.29 is 13.2 Å². The summed E-state index contributed by atoms with van der Waals surface area (Å²) in [6.07, 6.45) is -3.13. The van der Waals surface area contributed by atoms with Crippen molar-refractivity contribution in [2.75, 3.05) is 10.7 Å². The number of nitrogens with zero attached hydrogens (tertiary/aromatic N) is 5. The summed E-state index contributed by atoms with van der Waals surface area (Å²) in [7, 11) is 0. The summed E-state index contributed by atoms with van der Waals surface area (Å²) in [5.74, 6) is 4.24. The quantitative estimate of drug-likeness (QED) is 0.559. The van der Waals surface area contributed by atoms with Crippen LogP contribution in [0, 0.1) is 0 Å². The second kappa shape index (κ2) is 5.91. The number of rotatable bonds is 5. The van der Waals surface area contributed by atoms with Crippen molar-refractivity contribution in [2.24, 2.45) is 5.84 Å². The Bertz CT molecular complexity index is 609. The van der Waals surface area contributed by atoms with Crippen LogP contribution in [0.3, 0.4) is 0 Å². The van der Waals surface area contributed by atoms with Gasteiger partial charge in [-0.05, 0) is 6.92 Å². The SMILES string of the molecule is CCn1cnnc1CNc1cc(NN)nc(C(F)(F)F)n1. The number of hydrazine groups is 1. The van der Waals surface area contributed by atoms with Crippen molar-refractivity contribution in [1.82, 2.24) is 24.7 Å². The molecule has 0 fully saturated rings. The maximum atomic E-state index is 12.7. The van der Waals surface area contributed by atoms with E-state index >= 15 is 0 Å². The average Bonchev–Trinajstić information content (AvgIpc) is 2.91. The molecule has 0 aliphatic heterocycles. The van der Waals surface area contributed by atoms with Crippen molar-refractivity contribution >= 4 is 11.6 Å². The molecule has 0 bridgehead atoms. The molecule has 11 heteroatoms. The minimum atomic E-state index is -4.66. The molecule has 0 unspecified atom stereocenters. The summed E-state index contributed by atoms with van der Waals surface area (Å²) >= 11 is 0. The molecule has 2 heterocycles. The zero-order valence-electron chi connectivity index (χ0n) is 11.0. The first kappa shape index (κ1) is 15.0. The minimum Gasteiger partial charge on any atom is -0.363 e. The number of hydrogen-bond donors (Lipinski definition) is 3. The van der Waals surface area contributed by atoms with Crippen molar-refractivity contribution in [3.8, 4) is 0 Å². The standard InChI is InChI=1S/C10H13F3N8/c1-2-21-5-16-20-8(21)4-15-6-3-7(19-14)18-9(17-6)10(11,12)13/h3,5H,2,4,14H2,1H3,(H2,15,17,18,19). The summed E-state index contributed by atoms with van der Waals surface area (Å²) in [6.45, 7) is 2.72. The number of hydrogen-bond acceptors (Lipinski definition) is 7. The smallest absolute Gasteiger partial charge is 0.363 e. The Hall–Kier alpha value is -2.43. The molecule has 4 N–H and O–H groups in total. The fourth-order valence-electron chi connectivity index (χ4n) is 1.59. The van der Waals surface area contributed by atoms with Gasteiger partial charge in [-0.3, -0.25) is 0 Å². The Balaban J connectivity index is 2.19. The van der Waals surface area contributed by atoms with Crippen molar-refractivity contribution in [3.63, 3.8) is 0 Å². The third kappa shape index (κ3) is 3.56. The first-order valence-corrected chi connectivity index (χ1v) is 5.97. The van der Waals surface area contributed by atoms with E-state index in [1.165, 1.54) is 12.4 Å². The molecule has 2 aromatic rings. The second-order valence-corrected chi connectivity index (χ2v) is 3.99. The number of halogens is 3. The fraction of sp³-hybridized carbons (Fsp3) is 0.400. The van der Waals surface area contributed by atoms with Gasteiger partial charge in [0.2, 0.25) is 5.82 Å². The van der Waals surface area contributed by atoms with E-state index < -0.39 is 12.0 Å². The van der Waals surface area contributed by atoms with Crippen LogP contribution >= 0.6 is 0 Å². The lowest BCUT2D eigenvalue weighted by Gasteiger charge is -2.11. The van der Waals surface area contributed by atoms with E-state index in [1.807, 2.05) is 6.92 Å². The van der Waals surface area contributed by atoms with Gasteiger partial charge in [0, 0.05) is 12.6 Å². The van der Waals surface area contributed by atoms with Gasteiger partial charge in [0.05, 0.1) is 6.54 Å². The number of aryl methyl sites for hydroxylation is 1. The van der Waals surface area contributed by atoms with Gasteiger partial charge < -0.3 is 15.3 Å². The highest BCUT2D eigenvalue weighted by Gasteiger charge is 2.35. The summed E-state index contributed by atoms with van der Waals surface area (Å²) in [5, 5.41) is 10.3. The number of nitrogens with one attached hydrogen (secondary N) is 2. The molecule has 0 atom stereocenters. The van der Waals surface area contributed by atoms with Gasteiger partial charge in [0.1, 0.15) is 18.0 Å². The number of alkyl halides is 3. The Morgan fingerprint density at radius 2 is 2.00 bits per heavy atom. The van der Waals surface area contributed by atoms with Gasteiger partial charge in [0.25, 0.3) is 0 Å². The molecule has 0 radical (unpaired) electrons. The number of nitrogens with two attached hydrogens (primary N) is 1. The predicted molar refractivity (Wildman–Crippen MR) is 67.9 cm³/mol. The Kier molecular flexibility index (Phi) is 4.21. The third-order valence-corrected chi connectivity index (χ3v) is 2.59. The zero-order valence-corrected chi connectivity index (χ0v) is 11.0. The van der Waals surface area contributed by atoms with E-state index in [0.717, 1.165) is 0 Å². The maximum Gasteiger partial charge on any atom is 0.451 e. The molecule has 0 aliphatic rings. The molecule has 0 aromatic carbocycles. The normalized spacial score (nSPS) is 11.5. The van der Waals surface area contributed by atoms with Crippen LogP contribution in [-0.2, 0) is 19.3 Å². The highest BCUT2D eigenvalue weighted by molar-refractivity contribution is 5.47. The largest absolute Gasteiger partial charge is 0.451 e. The predicted octanol–water partition coefficient (Wildman–Crippen LogP) is 1.00. The van der Waals surface area contributed by atoms with Crippen molar-refractivity contribution in [3.05, 3.63) is 24.0 Å². The van der Waals surface area contributed by atoms with Crippen LogP contribution in [0.2, 0.25) is 0 Å². The first-order chi connectivity index (χ1) is 9.94. The van der Waals surface area contributed by atoms with Gasteiger partial charge >= 0.3 is 6.18 Å². The van der Waals surface area contributed by atoms with E-state index in [2.05, 4.69) is 30.9 Å². The van der Waals surface area contributed by atoms with E-state index in [-0.39, 0.29) is 18.2 Å². The molecule has 0 amide bonds. The molecule has 0 aliphatic carbocycles. The highest BCUT2D eigenvalue weighted by Crippen LogP contribution is 2.28. The zero-order chi connectivity index (χ0) is 15.5. The van der Waals surface area contributed by atoms with Crippen LogP contribution < -0.4 is 16.6 Å². The lowest BCUT2D eigenvalue weighted by atomic mass is 10.4. The summed E-state index contributed by atoms with van der Waals surface area (Å²) in [5.41, 5.74) is 2.07. The molecular weight excluding hydrogens is 289 g/mol. The van der Waals surface area contributed by atoms with Gasteiger partial charge in [-0.2, -0.15) is 13.2 Å². The number of aromatic nitrogens is 5. The van der Waals surface area contributed by atoms with Gasteiger partial charge in [-0.15, -0.1) is 10.2 Å². The Morgan fingerprint density at radius 3 is 2.62 bits per heavy atom. The van der Waals surface area contributed by atoms with Crippen LogP contribution in [0.4, 0.5) is 24.8 Å². The lowest BCUT2D eigenvalue weighted by Crippen LogP contribution is -2.17. The summed E-state index contributed by atoms with van der Waals surface area (Å²) in [6, 6.07) is 1.27. The van der Waals surface area contributed by atoms with Crippen LogP contribution in [0.1, 0.15) is 18.6 Å². The molecule has 21 heavy (non-hydrogen) atoms. The molecular formula is C10H13F3N8. The van der Waals surface area contributed by atoms with E-state index in [0.29, 0.717) is 12.4 Å². The molecule has 2 rings (SSSR count). The summed E-state index contributed by atoms with van der Waals surface area (Å²) < 4.78 is 39.8. The maximum absolute atomic E-state index is 12.7. The highest BCUT2D eigenvalue weighted by atomic mass is 19.4. The topological polar surface area (TPSA) is 107 Å². The van der Waals surface area contributed by atoms with Gasteiger partial charge in [-0.1, -0.05) is 0 Å². The van der Waals surface area contributed by atoms with Gasteiger partial charge in [0.15, 0.2) is 5.82 Å².